The fourth-order valence-corrected chi connectivity index (χ4v) is 4.91. The summed E-state index contributed by atoms with van der Waals surface area (Å²) in [7, 11) is 0. The quantitative estimate of drug-likeness (QED) is 0.143. The summed E-state index contributed by atoms with van der Waals surface area (Å²) in [4.78, 5) is 13.6. The third-order valence-electron chi connectivity index (χ3n) is 7.37. The van der Waals surface area contributed by atoms with Crippen molar-refractivity contribution in [3.63, 3.8) is 0 Å². The molecule has 43 heavy (non-hydrogen) atoms. The first kappa shape index (κ1) is 30.7. The number of hydrogen-bond acceptors (Lipinski definition) is 16. The van der Waals surface area contributed by atoms with Gasteiger partial charge < -0.3 is 74.4 Å². The maximum absolute atomic E-state index is 13.6. The number of ether oxygens (including phenoxy) is 4. The number of rotatable bonds is 6. The van der Waals surface area contributed by atoms with Crippen molar-refractivity contribution in [2.75, 3.05) is 6.61 Å². The van der Waals surface area contributed by atoms with Crippen LogP contribution in [0.4, 0.5) is 0 Å². The van der Waals surface area contributed by atoms with E-state index in [9.17, 15) is 55.9 Å². The lowest BCUT2D eigenvalue weighted by atomic mass is 9.93. The molecule has 234 valence electrons. The predicted molar refractivity (Wildman–Crippen MR) is 140 cm³/mol. The van der Waals surface area contributed by atoms with E-state index in [1.807, 2.05) is 0 Å². The van der Waals surface area contributed by atoms with Crippen LogP contribution in [0.3, 0.4) is 0 Å². The number of phenolic OH excluding ortho intramolecular Hbond substituents is 4. The van der Waals surface area contributed by atoms with Crippen LogP contribution in [0.25, 0.3) is 22.3 Å². The zero-order valence-corrected chi connectivity index (χ0v) is 22.3. The molecule has 2 aliphatic heterocycles. The average Bonchev–Trinajstić information content (AvgIpc) is 2.95. The second kappa shape index (κ2) is 11.8. The number of phenols is 4. The molecule has 0 bridgehead atoms. The molecule has 1 aromatic heterocycles. The molecule has 0 saturated carbocycles. The van der Waals surface area contributed by atoms with E-state index < -0.39 is 113 Å². The van der Waals surface area contributed by atoms with Crippen LogP contribution >= 0.6 is 0 Å². The third-order valence-corrected chi connectivity index (χ3v) is 7.37. The van der Waals surface area contributed by atoms with Gasteiger partial charge in [-0.3, -0.25) is 4.79 Å². The number of aromatic hydroxyl groups is 4. The normalized spacial score (nSPS) is 33.0. The summed E-state index contributed by atoms with van der Waals surface area (Å²) in [6.45, 7) is 0.812. The van der Waals surface area contributed by atoms with Crippen molar-refractivity contribution in [2.45, 2.75) is 62.4 Å². The zero-order valence-electron chi connectivity index (χ0n) is 22.3. The average molecular weight is 611 g/mol. The molecule has 3 heterocycles. The second-order valence-electron chi connectivity index (χ2n) is 10.3. The van der Waals surface area contributed by atoms with Gasteiger partial charge in [-0.1, -0.05) is 0 Å². The van der Waals surface area contributed by atoms with Gasteiger partial charge >= 0.3 is 0 Å². The standard InChI is InChI=1S/C27H30O16/c1-8-17(32)21(36)22(37)26(40-8)39-7-11-18(33)25(38)43-27(19(11)34)42-24-20(35)16-14(31)5-10(28)6-15(16)41-23(24)9-2-3-12(29)13(30)4-9/h2-6,8,11,17-19,21-22,25-34,36-38H,7H2,1H3. The highest BCUT2D eigenvalue weighted by Gasteiger charge is 2.48. The van der Waals surface area contributed by atoms with Gasteiger partial charge in [0.1, 0.15) is 53.0 Å². The minimum Gasteiger partial charge on any atom is -0.508 e. The highest BCUT2D eigenvalue weighted by Crippen LogP contribution is 2.40. The van der Waals surface area contributed by atoms with E-state index in [2.05, 4.69) is 0 Å². The monoisotopic (exact) mass is 610 g/mol. The number of aliphatic hydroxyl groups excluding tert-OH is 6. The zero-order chi connectivity index (χ0) is 31.3. The van der Waals surface area contributed by atoms with Crippen molar-refractivity contribution in [3.05, 3.63) is 40.6 Å². The summed E-state index contributed by atoms with van der Waals surface area (Å²) in [5, 5.41) is 102. The molecule has 10 N–H and O–H groups in total. The van der Waals surface area contributed by atoms with Gasteiger partial charge in [-0.05, 0) is 25.1 Å². The van der Waals surface area contributed by atoms with Crippen LogP contribution in [0.1, 0.15) is 6.92 Å². The van der Waals surface area contributed by atoms with Crippen molar-refractivity contribution >= 4 is 11.0 Å². The van der Waals surface area contributed by atoms with Gasteiger partial charge in [-0.25, -0.2) is 0 Å². The third kappa shape index (κ3) is 5.67. The van der Waals surface area contributed by atoms with E-state index in [0.29, 0.717) is 0 Å². The first-order valence-electron chi connectivity index (χ1n) is 13.0. The summed E-state index contributed by atoms with van der Waals surface area (Å²) >= 11 is 0. The molecular weight excluding hydrogens is 580 g/mol. The molecular formula is C27H30O16. The first-order chi connectivity index (χ1) is 20.3. The van der Waals surface area contributed by atoms with E-state index >= 15 is 0 Å². The minimum atomic E-state index is -2.00. The first-order valence-corrected chi connectivity index (χ1v) is 13.0. The van der Waals surface area contributed by atoms with Crippen molar-refractivity contribution in [2.24, 2.45) is 5.92 Å². The lowest BCUT2D eigenvalue weighted by Crippen LogP contribution is -2.60. The van der Waals surface area contributed by atoms with Gasteiger partial charge in [-0.15, -0.1) is 0 Å². The van der Waals surface area contributed by atoms with Crippen LogP contribution in [0, 0.1) is 5.92 Å². The summed E-state index contributed by atoms with van der Waals surface area (Å²) in [5.74, 6) is -4.73. The minimum absolute atomic E-state index is 0.0313. The Morgan fingerprint density at radius 1 is 0.767 bits per heavy atom. The van der Waals surface area contributed by atoms with Gasteiger partial charge in [0, 0.05) is 23.6 Å². The molecule has 0 aliphatic carbocycles. The SMILES string of the molecule is CC1OC(OCC2C(O)C(O)OC(Oc3c(-c4ccc(O)c(O)c4)oc4cc(O)cc(O)c4c3=O)C2O)C(O)C(O)C1O. The summed E-state index contributed by atoms with van der Waals surface area (Å²) < 4.78 is 27.4. The van der Waals surface area contributed by atoms with Crippen LogP contribution in [0.2, 0.25) is 0 Å². The molecule has 2 saturated heterocycles. The van der Waals surface area contributed by atoms with Gasteiger partial charge in [-0.2, -0.15) is 0 Å². The molecule has 10 atom stereocenters. The van der Waals surface area contributed by atoms with E-state index in [0.717, 1.165) is 24.3 Å². The Labute approximate surface area is 241 Å². The fourth-order valence-electron chi connectivity index (χ4n) is 4.91. The fraction of sp³-hybridized carbons (Fsp3) is 0.444. The Morgan fingerprint density at radius 2 is 1.49 bits per heavy atom. The summed E-state index contributed by atoms with van der Waals surface area (Å²) in [6.07, 6.45) is -14.7. The van der Waals surface area contributed by atoms with Crippen LogP contribution < -0.4 is 10.2 Å². The van der Waals surface area contributed by atoms with Crippen molar-refractivity contribution in [1.29, 1.82) is 0 Å². The van der Waals surface area contributed by atoms with Gasteiger partial charge in [0.25, 0.3) is 0 Å². The topological polar surface area (TPSA) is 269 Å². The largest absolute Gasteiger partial charge is 0.508 e. The highest BCUT2D eigenvalue weighted by atomic mass is 16.7. The van der Waals surface area contributed by atoms with Crippen molar-refractivity contribution in [1.82, 2.24) is 0 Å². The molecule has 3 aromatic rings. The lowest BCUT2D eigenvalue weighted by Gasteiger charge is -2.42. The molecule has 2 aliphatic rings. The van der Waals surface area contributed by atoms with E-state index in [1.165, 1.54) is 13.0 Å². The maximum atomic E-state index is 13.6. The molecule has 0 radical (unpaired) electrons. The number of hydrogen-bond donors (Lipinski definition) is 10. The van der Waals surface area contributed by atoms with Crippen molar-refractivity contribution in [3.8, 4) is 40.1 Å². The lowest BCUT2D eigenvalue weighted by molar-refractivity contribution is -0.332. The summed E-state index contributed by atoms with van der Waals surface area (Å²) in [6, 6.07) is 5.24. The molecule has 0 spiro atoms. The van der Waals surface area contributed by atoms with E-state index in [4.69, 9.17) is 23.4 Å². The van der Waals surface area contributed by atoms with E-state index in [-0.39, 0.29) is 11.1 Å². The second-order valence-corrected chi connectivity index (χ2v) is 10.3. The molecule has 2 aromatic carbocycles. The van der Waals surface area contributed by atoms with Crippen LogP contribution in [0.5, 0.6) is 28.7 Å². The number of aliphatic hydroxyl groups is 6. The Bertz CT molecular complexity index is 1540. The van der Waals surface area contributed by atoms with Crippen LogP contribution in [-0.4, -0.2) is 113 Å². The van der Waals surface area contributed by atoms with Gasteiger partial charge in [0.15, 0.2) is 29.8 Å². The van der Waals surface area contributed by atoms with Crippen molar-refractivity contribution < 1.29 is 74.4 Å². The highest BCUT2D eigenvalue weighted by molar-refractivity contribution is 5.88. The molecule has 10 unspecified atom stereocenters. The van der Waals surface area contributed by atoms with Crippen LogP contribution in [0.15, 0.2) is 39.5 Å². The molecule has 16 heteroatoms. The number of benzene rings is 2. The molecule has 0 amide bonds. The number of fused-ring (bicyclic) bond motifs is 1. The Balaban J connectivity index is 1.48. The molecule has 2 fully saturated rings. The predicted octanol–water partition coefficient (Wildman–Crippen LogP) is -1.48. The smallest absolute Gasteiger partial charge is 0.239 e. The van der Waals surface area contributed by atoms with Gasteiger partial charge in [0.2, 0.25) is 17.5 Å². The van der Waals surface area contributed by atoms with E-state index in [1.54, 1.807) is 0 Å². The molecule has 16 nitrogen and oxygen atoms in total. The Morgan fingerprint density at radius 3 is 2.19 bits per heavy atom. The maximum Gasteiger partial charge on any atom is 0.239 e. The van der Waals surface area contributed by atoms with Gasteiger partial charge in [0.05, 0.1) is 12.7 Å². The Hall–Kier alpha value is -3.71. The Kier molecular flexibility index (Phi) is 8.41. The summed E-state index contributed by atoms with van der Waals surface area (Å²) in [5.41, 5.74) is -1.35. The van der Waals surface area contributed by atoms with Crippen LogP contribution in [-0.2, 0) is 14.2 Å². The molecule has 5 rings (SSSR count).